The Kier molecular flexibility index (Phi) is 57.2. The van der Waals surface area contributed by atoms with E-state index in [0.717, 1.165) is 70.6 Å². The molecule has 0 aromatic rings. The SMILES string of the molecule is CCCCC/C=C\C/C=C\CCCCCCCCCCC(O)C(=O)NC(COC1OC(CO)C(O)C(O)C1OC(=O)CCCCCCCCCCCCCCCCCCCCCCCCCCC)C(O)/C=C/CCCCCCCCCCC. The van der Waals surface area contributed by atoms with E-state index < -0.39 is 67.4 Å². The van der Waals surface area contributed by atoms with Crippen molar-refractivity contribution >= 4 is 11.9 Å². The number of hydrogen-bond acceptors (Lipinski definition) is 10. The van der Waals surface area contributed by atoms with Gasteiger partial charge < -0.3 is 45.1 Å². The van der Waals surface area contributed by atoms with Crippen molar-refractivity contribution in [1.29, 1.82) is 0 Å². The molecule has 8 unspecified atom stereocenters. The summed E-state index contributed by atoms with van der Waals surface area (Å²) in [4.78, 5) is 26.6. The lowest BCUT2D eigenvalue weighted by molar-refractivity contribution is -0.305. The molecule has 11 heteroatoms. The lowest BCUT2D eigenvalue weighted by atomic mass is 9.99. The molecule has 0 aliphatic carbocycles. The van der Waals surface area contributed by atoms with Crippen molar-refractivity contribution in [2.75, 3.05) is 13.2 Å². The summed E-state index contributed by atoms with van der Waals surface area (Å²) in [5, 5.41) is 57.2. The molecular weight excluding hydrogens is 1040 g/mol. The van der Waals surface area contributed by atoms with Gasteiger partial charge in [-0.15, -0.1) is 0 Å². The first-order chi connectivity index (χ1) is 40.7. The van der Waals surface area contributed by atoms with Gasteiger partial charge in [0.25, 0.3) is 0 Å². The van der Waals surface area contributed by atoms with E-state index in [0.29, 0.717) is 12.8 Å². The van der Waals surface area contributed by atoms with Crippen LogP contribution < -0.4 is 5.32 Å². The minimum Gasteiger partial charge on any atom is -0.454 e. The van der Waals surface area contributed by atoms with Crippen LogP contribution in [0.4, 0.5) is 0 Å². The first-order valence-electron chi connectivity index (χ1n) is 35.8. The molecule has 488 valence electrons. The van der Waals surface area contributed by atoms with E-state index in [4.69, 9.17) is 14.2 Å². The summed E-state index contributed by atoms with van der Waals surface area (Å²) in [5.41, 5.74) is 0. The number of carbonyl (C=O) groups is 2. The van der Waals surface area contributed by atoms with E-state index in [1.807, 2.05) is 6.08 Å². The maximum atomic E-state index is 13.5. The Morgan fingerprint density at radius 3 is 1.25 bits per heavy atom. The number of hydrogen-bond donors (Lipinski definition) is 6. The molecule has 0 bridgehead atoms. The van der Waals surface area contributed by atoms with Crippen LogP contribution >= 0.6 is 0 Å². The highest BCUT2D eigenvalue weighted by Gasteiger charge is 2.47. The van der Waals surface area contributed by atoms with E-state index in [1.165, 1.54) is 231 Å². The van der Waals surface area contributed by atoms with Crippen LogP contribution in [0.1, 0.15) is 348 Å². The molecule has 6 N–H and O–H groups in total. The summed E-state index contributed by atoms with van der Waals surface area (Å²) in [7, 11) is 0. The highest BCUT2D eigenvalue weighted by Crippen LogP contribution is 2.26. The lowest BCUT2D eigenvalue weighted by Gasteiger charge is -2.41. The average Bonchev–Trinajstić information content (AvgIpc) is 3.64. The fraction of sp³-hybridized carbons (Fsp3) is 0.889. The van der Waals surface area contributed by atoms with E-state index in [-0.39, 0.29) is 19.4 Å². The summed E-state index contributed by atoms with van der Waals surface area (Å²) in [5.74, 6) is -1.18. The zero-order chi connectivity index (χ0) is 60.3. The van der Waals surface area contributed by atoms with Gasteiger partial charge in [0.05, 0.1) is 25.4 Å². The fourth-order valence-electron chi connectivity index (χ4n) is 11.4. The monoisotopic (exact) mass is 1170 g/mol. The molecule has 83 heavy (non-hydrogen) atoms. The molecule has 0 radical (unpaired) electrons. The Morgan fingerprint density at radius 1 is 0.470 bits per heavy atom. The second-order valence-corrected chi connectivity index (χ2v) is 25.0. The van der Waals surface area contributed by atoms with Crippen LogP contribution in [0.15, 0.2) is 36.5 Å². The summed E-state index contributed by atoms with van der Waals surface area (Å²) in [6.45, 7) is 5.81. The predicted molar refractivity (Wildman–Crippen MR) is 347 cm³/mol. The molecule has 1 amide bonds. The number of allylic oxidation sites excluding steroid dienone is 5. The topological polar surface area (TPSA) is 175 Å². The molecule has 0 aromatic heterocycles. The zero-order valence-corrected chi connectivity index (χ0v) is 54.3. The first-order valence-corrected chi connectivity index (χ1v) is 35.8. The van der Waals surface area contributed by atoms with Crippen molar-refractivity contribution in [1.82, 2.24) is 5.32 Å². The molecule has 1 rings (SSSR count). The summed E-state index contributed by atoms with van der Waals surface area (Å²) >= 11 is 0. The smallest absolute Gasteiger partial charge is 0.306 e. The van der Waals surface area contributed by atoms with Gasteiger partial charge in [0.2, 0.25) is 5.91 Å². The second kappa shape index (κ2) is 60.2. The van der Waals surface area contributed by atoms with Crippen molar-refractivity contribution in [3.63, 3.8) is 0 Å². The summed E-state index contributed by atoms with van der Waals surface area (Å²) < 4.78 is 17.7. The number of aliphatic hydroxyl groups is 5. The van der Waals surface area contributed by atoms with Crippen LogP contribution in [-0.4, -0.2) is 99.6 Å². The normalized spacial score (nSPS) is 18.7. The van der Waals surface area contributed by atoms with Gasteiger partial charge in [0, 0.05) is 6.42 Å². The predicted octanol–water partition coefficient (Wildman–Crippen LogP) is 18.2. The van der Waals surface area contributed by atoms with E-state index in [9.17, 15) is 35.1 Å². The van der Waals surface area contributed by atoms with Crippen LogP contribution in [0.5, 0.6) is 0 Å². The van der Waals surface area contributed by atoms with E-state index in [1.54, 1.807) is 6.08 Å². The molecule has 1 fully saturated rings. The minimum absolute atomic E-state index is 0.129. The Bertz CT molecular complexity index is 1490. The Morgan fingerprint density at radius 2 is 0.831 bits per heavy atom. The molecule has 1 heterocycles. The van der Waals surface area contributed by atoms with E-state index >= 15 is 0 Å². The van der Waals surface area contributed by atoms with Gasteiger partial charge in [-0.1, -0.05) is 320 Å². The average molecular weight is 1170 g/mol. The maximum Gasteiger partial charge on any atom is 0.306 e. The number of carbonyl (C=O) groups excluding carboxylic acids is 2. The van der Waals surface area contributed by atoms with Crippen molar-refractivity contribution in [2.45, 2.75) is 397 Å². The van der Waals surface area contributed by atoms with Crippen molar-refractivity contribution in [2.24, 2.45) is 0 Å². The van der Waals surface area contributed by atoms with Gasteiger partial charge in [-0.3, -0.25) is 9.59 Å². The minimum atomic E-state index is -1.61. The number of aliphatic hydroxyl groups excluding tert-OH is 5. The third kappa shape index (κ3) is 47.6. The molecule has 1 aliphatic heterocycles. The number of amides is 1. The summed E-state index contributed by atoms with van der Waals surface area (Å²) in [6.07, 6.45) is 63.4. The summed E-state index contributed by atoms with van der Waals surface area (Å²) in [6, 6.07) is -1.02. The highest BCUT2D eigenvalue weighted by atomic mass is 16.7. The molecule has 1 aliphatic rings. The molecule has 0 saturated carbocycles. The van der Waals surface area contributed by atoms with Crippen LogP contribution in [0.2, 0.25) is 0 Å². The zero-order valence-electron chi connectivity index (χ0n) is 54.3. The van der Waals surface area contributed by atoms with E-state index in [2.05, 4.69) is 50.4 Å². The number of unbranched alkanes of at least 4 members (excludes halogenated alkanes) is 44. The quantitative estimate of drug-likeness (QED) is 0.0195. The molecular formula is C72H135NO10. The second-order valence-electron chi connectivity index (χ2n) is 25.0. The number of ether oxygens (including phenoxy) is 3. The molecule has 11 nitrogen and oxygen atoms in total. The number of esters is 1. The Balaban J connectivity index is 2.53. The lowest BCUT2D eigenvalue weighted by Crippen LogP contribution is -2.61. The van der Waals surface area contributed by atoms with Crippen molar-refractivity contribution in [3.8, 4) is 0 Å². The largest absolute Gasteiger partial charge is 0.454 e. The van der Waals surface area contributed by atoms with Crippen LogP contribution in [0.25, 0.3) is 0 Å². The molecule has 0 spiro atoms. The molecule has 8 atom stereocenters. The Hall–Kier alpha value is -2.12. The van der Waals surface area contributed by atoms with Crippen LogP contribution in [-0.2, 0) is 23.8 Å². The van der Waals surface area contributed by atoms with Gasteiger partial charge in [-0.2, -0.15) is 0 Å². The highest BCUT2D eigenvalue weighted by molar-refractivity contribution is 5.80. The number of nitrogens with one attached hydrogen (secondary N) is 1. The van der Waals surface area contributed by atoms with Crippen LogP contribution in [0, 0.1) is 0 Å². The van der Waals surface area contributed by atoms with Crippen molar-refractivity contribution < 1.29 is 49.3 Å². The van der Waals surface area contributed by atoms with Gasteiger partial charge in [-0.25, -0.2) is 0 Å². The standard InChI is InChI=1S/C72H135NO10/c1-4-7-10-13-16-19-22-24-26-28-30-31-32-33-34-35-36-38-40-42-45-48-51-54-57-60-67(77)83-70-69(79)68(78)66(61-74)82-72(70)81-62-63(64(75)58-55-52-49-46-43-21-18-15-12-9-6-3)73-71(80)65(76)59-56-53-50-47-44-41-39-37-29-27-25-23-20-17-14-11-8-5-2/h17,20,25,27,55,58,63-66,68-70,72,74-76,78-79H,4-16,18-19,21-24,26,28-54,56-57,59-62H2,1-3H3,(H,73,80)/b20-17-,27-25-,58-55+. The third-order valence-electron chi connectivity index (χ3n) is 17.0. The van der Waals surface area contributed by atoms with Gasteiger partial charge >= 0.3 is 5.97 Å². The fourth-order valence-corrected chi connectivity index (χ4v) is 11.4. The van der Waals surface area contributed by atoms with Crippen LogP contribution in [0.3, 0.4) is 0 Å². The molecule has 1 saturated heterocycles. The van der Waals surface area contributed by atoms with Gasteiger partial charge in [0.1, 0.15) is 24.4 Å². The maximum absolute atomic E-state index is 13.5. The Labute approximate surface area is 511 Å². The number of rotatable bonds is 62. The van der Waals surface area contributed by atoms with Crippen molar-refractivity contribution in [3.05, 3.63) is 36.5 Å². The first kappa shape index (κ1) is 78.9. The van der Waals surface area contributed by atoms with Gasteiger partial charge in [-0.05, 0) is 57.8 Å². The van der Waals surface area contributed by atoms with Gasteiger partial charge in [0.15, 0.2) is 12.4 Å². The molecule has 0 aromatic carbocycles. The third-order valence-corrected chi connectivity index (χ3v) is 17.0.